The summed E-state index contributed by atoms with van der Waals surface area (Å²) in [6.07, 6.45) is 3.76. The third kappa shape index (κ3) is 3.18. The van der Waals surface area contributed by atoms with E-state index in [2.05, 4.69) is 5.10 Å². The predicted molar refractivity (Wildman–Crippen MR) is 101 cm³/mol. The molecule has 0 atom stereocenters. The fraction of sp³-hybridized carbons (Fsp3) is 0.474. The van der Waals surface area contributed by atoms with Gasteiger partial charge in [0.2, 0.25) is 16.8 Å². The standard InChI is InChI=1S/C19H23N3O5S/c1-13-18(28(24,25)21-9-5-3-4-6-10-21)14(2)22(20-13)19(23)15-7-8-16-17(11-15)27-12-26-16/h7-8,11H,3-6,9-10,12H2,1-2H3. The summed E-state index contributed by atoms with van der Waals surface area (Å²) in [6.45, 7) is 4.37. The Hall–Kier alpha value is -2.39. The molecule has 0 radical (unpaired) electrons. The minimum absolute atomic E-state index is 0.116. The molecule has 0 N–H and O–H groups in total. The molecular formula is C19H23N3O5S. The Balaban J connectivity index is 1.70. The summed E-state index contributed by atoms with van der Waals surface area (Å²) >= 11 is 0. The van der Waals surface area contributed by atoms with Crippen LogP contribution in [0.3, 0.4) is 0 Å². The molecular weight excluding hydrogens is 382 g/mol. The average molecular weight is 405 g/mol. The highest BCUT2D eigenvalue weighted by atomic mass is 32.2. The lowest BCUT2D eigenvalue weighted by molar-refractivity contribution is 0.0941. The summed E-state index contributed by atoms with van der Waals surface area (Å²) in [7, 11) is -3.70. The summed E-state index contributed by atoms with van der Waals surface area (Å²) in [5, 5.41) is 4.25. The van der Waals surface area contributed by atoms with E-state index in [1.165, 1.54) is 4.31 Å². The Morgan fingerprint density at radius 2 is 1.71 bits per heavy atom. The van der Waals surface area contributed by atoms with Crippen LogP contribution in [0.15, 0.2) is 23.1 Å². The molecule has 1 fully saturated rings. The van der Waals surface area contributed by atoms with E-state index in [-0.39, 0.29) is 11.7 Å². The molecule has 9 heteroatoms. The number of sulfonamides is 1. The number of hydrogen-bond donors (Lipinski definition) is 0. The maximum Gasteiger partial charge on any atom is 0.278 e. The fourth-order valence-corrected chi connectivity index (χ4v) is 5.63. The summed E-state index contributed by atoms with van der Waals surface area (Å²) in [5.74, 6) is 0.662. The van der Waals surface area contributed by atoms with Crippen molar-refractivity contribution in [2.24, 2.45) is 0 Å². The number of rotatable bonds is 3. The Morgan fingerprint density at radius 3 is 2.43 bits per heavy atom. The van der Waals surface area contributed by atoms with Gasteiger partial charge < -0.3 is 9.47 Å². The molecule has 0 saturated carbocycles. The minimum Gasteiger partial charge on any atom is -0.454 e. The van der Waals surface area contributed by atoms with Crippen LogP contribution in [0.4, 0.5) is 0 Å². The van der Waals surface area contributed by atoms with E-state index < -0.39 is 15.9 Å². The first-order valence-corrected chi connectivity index (χ1v) is 10.8. The van der Waals surface area contributed by atoms with Gasteiger partial charge in [-0.2, -0.15) is 14.1 Å². The van der Waals surface area contributed by atoms with Crippen molar-refractivity contribution >= 4 is 15.9 Å². The number of ether oxygens (including phenoxy) is 2. The molecule has 8 nitrogen and oxygen atoms in total. The van der Waals surface area contributed by atoms with Gasteiger partial charge in [-0.15, -0.1) is 0 Å². The second kappa shape index (κ2) is 7.21. The van der Waals surface area contributed by atoms with E-state index in [4.69, 9.17) is 9.47 Å². The first-order chi connectivity index (χ1) is 13.4. The maximum absolute atomic E-state index is 13.2. The number of carbonyl (C=O) groups is 1. The van der Waals surface area contributed by atoms with Crippen molar-refractivity contribution < 1.29 is 22.7 Å². The summed E-state index contributed by atoms with van der Waals surface area (Å²) in [4.78, 5) is 13.1. The second-order valence-corrected chi connectivity index (χ2v) is 8.98. The largest absolute Gasteiger partial charge is 0.454 e. The Bertz CT molecular complexity index is 1020. The van der Waals surface area contributed by atoms with Gasteiger partial charge in [0.15, 0.2) is 11.5 Å². The molecule has 1 aromatic heterocycles. The minimum atomic E-state index is -3.70. The Kier molecular flexibility index (Phi) is 4.88. The van der Waals surface area contributed by atoms with Gasteiger partial charge in [-0.25, -0.2) is 8.42 Å². The van der Waals surface area contributed by atoms with E-state index in [9.17, 15) is 13.2 Å². The van der Waals surface area contributed by atoms with Crippen LogP contribution in [0, 0.1) is 13.8 Å². The molecule has 4 rings (SSSR count). The smallest absolute Gasteiger partial charge is 0.278 e. The molecule has 0 bridgehead atoms. The van der Waals surface area contributed by atoms with Gasteiger partial charge in [0.25, 0.3) is 5.91 Å². The third-order valence-corrected chi connectivity index (χ3v) is 7.35. The average Bonchev–Trinajstić information content (AvgIpc) is 3.12. The highest BCUT2D eigenvalue weighted by Crippen LogP contribution is 2.33. The first-order valence-electron chi connectivity index (χ1n) is 9.40. The van der Waals surface area contributed by atoms with E-state index in [1.807, 2.05) is 0 Å². The van der Waals surface area contributed by atoms with Gasteiger partial charge >= 0.3 is 0 Å². The SMILES string of the molecule is Cc1nn(C(=O)c2ccc3c(c2)OCO3)c(C)c1S(=O)(=O)N1CCCCCC1. The highest BCUT2D eigenvalue weighted by molar-refractivity contribution is 7.89. The number of fused-ring (bicyclic) bond motifs is 1. The van der Waals surface area contributed by atoms with Crippen LogP contribution in [-0.4, -0.2) is 48.3 Å². The Morgan fingerprint density at radius 1 is 1.04 bits per heavy atom. The van der Waals surface area contributed by atoms with Gasteiger partial charge in [0.1, 0.15) is 4.90 Å². The van der Waals surface area contributed by atoms with E-state index in [1.54, 1.807) is 32.0 Å². The quantitative estimate of drug-likeness (QED) is 0.779. The fourth-order valence-electron chi connectivity index (χ4n) is 3.76. The van der Waals surface area contributed by atoms with Crippen molar-refractivity contribution in [2.75, 3.05) is 19.9 Å². The second-order valence-electron chi connectivity index (χ2n) is 7.10. The van der Waals surface area contributed by atoms with Crippen LogP contribution in [0.5, 0.6) is 11.5 Å². The number of aromatic nitrogens is 2. The maximum atomic E-state index is 13.2. The molecule has 28 heavy (non-hydrogen) atoms. The zero-order valence-corrected chi connectivity index (χ0v) is 16.8. The molecule has 0 aliphatic carbocycles. The molecule has 3 heterocycles. The zero-order valence-electron chi connectivity index (χ0n) is 16.0. The molecule has 1 saturated heterocycles. The van der Waals surface area contributed by atoms with Crippen molar-refractivity contribution in [1.29, 1.82) is 0 Å². The molecule has 0 amide bonds. The Labute approximate surface area is 164 Å². The molecule has 0 spiro atoms. The van der Waals surface area contributed by atoms with Crippen molar-refractivity contribution in [1.82, 2.24) is 14.1 Å². The number of nitrogens with zero attached hydrogens (tertiary/aromatic N) is 3. The van der Waals surface area contributed by atoms with Crippen LogP contribution in [0.1, 0.15) is 47.4 Å². The van der Waals surface area contributed by atoms with Crippen molar-refractivity contribution in [3.8, 4) is 11.5 Å². The van der Waals surface area contributed by atoms with Crippen molar-refractivity contribution in [2.45, 2.75) is 44.4 Å². The number of benzene rings is 1. The summed E-state index contributed by atoms with van der Waals surface area (Å²) in [6, 6.07) is 4.87. The van der Waals surface area contributed by atoms with Gasteiger partial charge in [-0.05, 0) is 44.9 Å². The van der Waals surface area contributed by atoms with E-state index >= 15 is 0 Å². The molecule has 1 aromatic carbocycles. The van der Waals surface area contributed by atoms with Gasteiger partial charge in [0.05, 0.1) is 11.4 Å². The van der Waals surface area contributed by atoms with E-state index in [0.717, 1.165) is 30.4 Å². The lowest BCUT2D eigenvalue weighted by Gasteiger charge is -2.20. The van der Waals surface area contributed by atoms with Crippen LogP contribution < -0.4 is 9.47 Å². The highest BCUT2D eigenvalue weighted by Gasteiger charge is 2.32. The predicted octanol–water partition coefficient (Wildman–Crippen LogP) is 2.48. The summed E-state index contributed by atoms with van der Waals surface area (Å²) < 4.78 is 39.7. The molecule has 2 aliphatic heterocycles. The van der Waals surface area contributed by atoms with E-state index in [0.29, 0.717) is 41.5 Å². The molecule has 0 unspecified atom stereocenters. The van der Waals surface area contributed by atoms with Crippen LogP contribution in [0.25, 0.3) is 0 Å². The molecule has 150 valence electrons. The first kappa shape index (κ1) is 18.9. The van der Waals surface area contributed by atoms with Gasteiger partial charge in [0, 0.05) is 18.7 Å². The molecule has 2 aromatic rings. The van der Waals surface area contributed by atoms with Crippen molar-refractivity contribution in [3.63, 3.8) is 0 Å². The van der Waals surface area contributed by atoms with Crippen molar-refractivity contribution in [3.05, 3.63) is 35.2 Å². The monoisotopic (exact) mass is 405 g/mol. The van der Waals surface area contributed by atoms with Gasteiger partial charge in [-0.3, -0.25) is 4.79 Å². The normalized spacial score (nSPS) is 17.5. The van der Waals surface area contributed by atoms with Crippen LogP contribution in [-0.2, 0) is 10.0 Å². The number of carbonyl (C=O) groups excluding carboxylic acids is 1. The van der Waals surface area contributed by atoms with Crippen LogP contribution in [0.2, 0.25) is 0 Å². The van der Waals surface area contributed by atoms with Crippen LogP contribution >= 0.6 is 0 Å². The topological polar surface area (TPSA) is 90.7 Å². The lowest BCUT2D eigenvalue weighted by Crippen LogP contribution is -2.32. The number of hydrogen-bond acceptors (Lipinski definition) is 6. The molecule has 2 aliphatic rings. The third-order valence-electron chi connectivity index (χ3n) is 5.20. The number of aryl methyl sites for hydroxylation is 1. The zero-order chi connectivity index (χ0) is 19.9. The summed E-state index contributed by atoms with van der Waals surface area (Å²) in [5.41, 5.74) is 1.01. The van der Waals surface area contributed by atoms with Gasteiger partial charge in [-0.1, -0.05) is 12.8 Å². The lowest BCUT2D eigenvalue weighted by atomic mass is 10.2.